The van der Waals surface area contributed by atoms with Gasteiger partial charge in [0.2, 0.25) is 0 Å². The number of hydrogen-bond acceptors (Lipinski definition) is 3. The normalized spacial score (nSPS) is 18.4. The summed E-state index contributed by atoms with van der Waals surface area (Å²) in [6.07, 6.45) is 1.23. The van der Waals surface area contributed by atoms with Crippen molar-refractivity contribution in [2.24, 2.45) is 0 Å². The van der Waals surface area contributed by atoms with Crippen molar-refractivity contribution >= 4 is 0 Å². The van der Waals surface area contributed by atoms with Crippen molar-refractivity contribution in [3.05, 3.63) is 35.4 Å². The van der Waals surface area contributed by atoms with Gasteiger partial charge in [-0.15, -0.1) is 0 Å². The van der Waals surface area contributed by atoms with Gasteiger partial charge in [0, 0.05) is 38.8 Å². The van der Waals surface area contributed by atoms with E-state index >= 15 is 0 Å². The molecule has 1 aromatic carbocycles. The van der Waals surface area contributed by atoms with Gasteiger partial charge in [0.25, 0.3) is 0 Å². The second-order valence-corrected chi connectivity index (χ2v) is 5.59. The van der Waals surface area contributed by atoms with Crippen LogP contribution < -0.4 is 10.6 Å². The molecule has 0 aliphatic carbocycles. The van der Waals surface area contributed by atoms with E-state index < -0.39 is 0 Å². The van der Waals surface area contributed by atoms with Crippen LogP contribution in [0.15, 0.2) is 24.3 Å². The summed E-state index contributed by atoms with van der Waals surface area (Å²) in [6.45, 7) is 11.2. The summed E-state index contributed by atoms with van der Waals surface area (Å²) < 4.78 is 0. The first kappa shape index (κ1) is 14.5. The molecule has 0 amide bonds. The Kier molecular flexibility index (Phi) is 5.83. The largest absolute Gasteiger partial charge is 0.314 e. The first-order valence-corrected chi connectivity index (χ1v) is 7.47. The number of aryl methyl sites for hydroxylation is 1. The van der Waals surface area contributed by atoms with Crippen LogP contribution >= 0.6 is 0 Å². The van der Waals surface area contributed by atoms with Gasteiger partial charge in [-0.05, 0) is 32.4 Å². The third-order valence-corrected chi connectivity index (χ3v) is 3.96. The molecule has 2 rings (SSSR count). The van der Waals surface area contributed by atoms with E-state index in [1.807, 2.05) is 0 Å². The predicted molar refractivity (Wildman–Crippen MR) is 81.4 cm³/mol. The summed E-state index contributed by atoms with van der Waals surface area (Å²) in [4.78, 5) is 2.59. The zero-order chi connectivity index (χ0) is 13.5. The minimum Gasteiger partial charge on any atom is -0.314 e. The Labute approximate surface area is 117 Å². The highest BCUT2D eigenvalue weighted by Gasteiger charge is 2.15. The predicted octanol–water partition coefficient (Wildman–Crippen LogP) is 1.77. The topological polar surface area (TPSA) is 27.3 Å². The Balaban J connectivity index is 1.62. The van der Waals surface area contributed by atoms with Crippen molar-refractivity contribution in [1.29, 1.82) is 0 Å². The van der Waals surface area contributed by atoms with Crippen molar-refractivity contribution in [3.63, 3.8) is 0 Å². The second-order valence-electron chi connectivity index (χ2n) is 5.59. The number of nitrogens with zero attached hydrogens (tertiary/aromatic N) is 1. The minimum absolute atomic E-state index is 0.688. The molecule has 3 nitrogen and oxygen atoms in total. The molecule has 3 heteroatoms. The number of rotatable bonds is 6. The molecule has 1 aliphatic rings. The first-order valence-electron chi connectivity index (χ1n) is 7.47. The highest BCUT2D eigenvalue weighted by molar-refractivity contribution is 5.20. The van der Waals surface area contributed by atoms with Gasteiger partial charge in [-0.2, -0.15) is 0 Å². The van der Waals surface area contributed by atoms with Crippen LogP contribution in [0.3, 0.4) is 0 Å². The second kappa shape index (κ2) is 7.63. The standard InChI is InChI=1S/C16H27N3/c1-14-3-5-16(6-4-14)13-18-8-7-15(2)19-11-9-17-10-12-19/h3-6,15,17-18H,7-13H2,1-2H3. The molecule has 0 spiro atoms. The highest BCUT2D eigenvalue weighted by Crippen LogP contribution is 2.05. The van der Waals surface area contributed by atoms with Crippen molar-refractivity contribution in [1.82, 2.24) is 15.5 Å². The Morgan fingerprint density at radius 1 is 1.21 bits per heavy atom. The van der Waals surface area contributed by atoms with Gasteiger partial charge in [-0.1, -0.05) is 29.8 Å². The summed E-state index contributed by atoms with van der Waals surface area (Å²) >= 11 is 0. The zero-order valence-electron chi connectivity index (χ0n) is 12.3. The molecule has 106 valence electrons. The van der Waals surface area contributed by atoms with Crippen LogP contribution in [0.2, 0.25) is 0 Å². The average molecular weight is 261 g/mol. The maximum absolute atomic E-state index is 3.55. The Morgan fingerprint density at radius 3 is 2.58 bits per heavy atom. The van der Waals surface area contributed by atoms with E-state index in [4.69, 9.17) is 0 Å². The van der Waals surface area contributed by atoms with Crippen molar-refractivity contribution in [2.45, 2.75) is 32.9 Å². The fraction of sp³-hybridized carbons (Fsp3) is 0.625. The van der Waals surface area contributed by atoms with E-state index in [1.54, 1.807) is 0 Å². The molecule has 1 unspecified atom stereocenters. The number of piperazine rings is 1. The molecular weight excluding hydrogens is 234 g/mol. The molecule has 1 saturated heterocycles. The summed E-state index contributed by atoms with van der Waals surface area (Å²) in [5.41, 5.74) is 2.71. The van der Waals surface area contributed by atoms with E-state index in [0.717, 1.165) is 26.2 Å². The lowest BCUT2D eigenvalue weighted by molar-refractivity contribution is 0.176. The van der Waals surface area contributed by atoms with Gasteiger partial charge in [0.15, 0.2) is 0 Å². The third kappa shape index (κ3) is 4.94. The van der Waals surface area contributed by atoms with Crippen molar-refractivity contribution in [2.75, 3.05) is 32.7 Å². The quantitative estimate of drug-likeness (QED) is 0.764. The lowest BCUT2D eigenvalue weighted by atomic mass is 10.1. The van der Waals surface area contributed by atoms with Crippen LogP contribution in [0.1, 0.15) is 24.5 Å². The van der Waals surface area contributed by atoms with Crippen LogP contribution in [0.5, 0.6) is 0 Å². The van der Waals surface area contributed by atoms with Crippen LogP contribution in [-0.2, 0) is 6.54 Å². The maximum Gasteiger partial charge on any atom is 0.0205 e. The van der Waals surface area contributed by atoms with Gasteiger partial charge in [-0.25, -0.2) is 0 Å². The summed E-state index contributed by atoms with van der Waals surface area (Å²) in [5.74, 6) is 0. The van der Waals surface area contributed by atoms with Crippen LogP contribution in [0.25, 0.3) is 0 Å². The lowest BCUT2D eigenvalue weighted by Crippen LogP contribution is -2.48. The lowest BCUT2D eigenvalue weighted by Gasteiger charge is -2.32. The molecule has 1 aliphatic heterocycles. The molecule has 1 aromatic rings. The van der Waals surface area contributed by atoms with Gasteiger partial charge in [0.1, 0.15) is 0 Å². The van der Waals surface area contributed by atoms with Crippen molar-refractivity contribution in [3.8, 4) is 0 Å². The van der Waals surface area contributed by atoms with Crippen LogP contribution in [-0.4, -0.2) is 43.7 Å². The summed E-state index contributed by atoms with van der Waals surface area (Å²) in [5, 5.41) is 6.95. The Bertz CT molecular complexity index is 355. The SMILES string of the molecule is Cc1ccc(CNCCC(C)N2CCNCC2)cc1. The summed E-state index contributed by atoms with van der Waals surface area (Å²) in [6, 6.07) is 9.47. The van der Waals surface area contributed by atoms with Crippen LogP contribution in [0.4, 0.5) is 0 Å². The van der Waals surface area contributed by atoms with Gasteiger partial charge < -0.3 is 10.6 Å². The Morgan fingerprint density at radius 2 is 1.89 bits per heavy atom. The van der Waals surface area contributed by atoms with Crippen molar-refractivity contribution < 1.29 is 0 Å². The number of nitrogens with one attached hydrogen (secondary N) is 2. The van der Waals surface area contributed by atoms with Gasteiger partial charge >= 0.3 is 0 Å². The summed E-state index contributed by atoms with van der Waals surface area (Å²) in [7, 11) is 0. The fourth-order valence-electron chi connectivity index (χ4n) is 2.56. The maximum atomic E-state index is 3.55. The van der Waals surface area contributed by atoms with Gasteiger partial charge in [0.05, 0.1) is 0 Å². The van der Waals surface area contributed by atoms with E-state index in [9.17, 15) is 0 Å². The molecule has 0 radical (unpaired) electrons. The number of benzene rings is 1. The molecule has 2 N–H and O–H groups in total. The molecule has 1 fully saturated rings. The Hall–Kier alpha value is -0.900. The molecule has 0 aromatic heterocycles. The van der Waals surface area contributed by atoms with E-state index in [0.29, 0.717) is 6.04 Å². The fourth-order valence-corrected chi connectivity index (χ4v) is 2.56. The number of hydrogen-bond donors (Lipinski definition) is 2. The van der Waals surface area contributed by atoms with E-state index in [2.05, 4.69) is 53.6 Å². The molecule has 0 bridgehead atoms. The third-order valence-electron chi connectivity index (χ3n) is 3.96. The first-order chi connectivity index (χ1) is 9.25. The van der Waals surface area contributed by atoms with Gasteiger partial charge in [-0.3, -0.25) is 4.90 Å². The minimum atomic E-state index is 0.688. The smallest absolute Gasteiger partial charge is 0.0205 e. The molecular formula is C16H27N3. The van der Waals surface area contributed by atoms with E-state index in [-0.39, 0.29) is 0 Å². The molecule has 0 saturated carbocycles. The molecule has 1 atom stereocenters. The van der Waals surface area contributed by atoms with Crippen LogP contribution in [0, 0.1) is 6.92 Å². The van der Waals surface area contributed by atoms with E-state index in [1.165, 1.54) is 30.6 Å². The monoisotopic (exact) mass is 261 g/mol. The average Bonchev–Trinajstić information content (AvgIpc) is 2.46. The highest BCUT2D eigenvalue weighted by atomic mass is 15.2. The zero-order valence-corrected chi connectivity index (χ0v) is 12.3. The molecule has 19 heavy (non-hydrogen) atoms. The molecule has 1 heterocycles.